The summed E-state index contributed by atoms with van der Waals surface area (Å²) in [7, 11) is 3.23. The van der Waals surface area contributed by atoms with Crippen LogP contribution in [0.1, 0.15) is 59.8 Å². The van der Waals surface area contributed by atoms with Crippen molar-refractivity contribution >= 4 is 17.9 Å². The van der Waals surface area contributed by atoms with Gasteiger partial charge in [-0.25, -0.2) is 4.98 Å². The molecule has 236 valence electrons. The van der Waals surface area contributed by atoms with Gasteiger partial charge in [0.15, 0.2) is 0 Å². The lowest BCUT2D eigenvalue weighted by molar-refractivity contribution is -0.183. The Hall–Kier alpha value is -3.44. The molecule has 0 atom stereocenters. The lowest BCUT2D eigenvalue weighted by Gasteiger charge is -2.28. The van der Waals surface area contributed by atoms with Crippen LogP contribution in [-0.4, -0.2) is 75.0 Å². The number of aromatic nitrogens is 1. The molecule has 1 aliphatic rings. The van der Waals surface area contributed by atoms with Crippen LogP contribution in [0.3, 0.4) is 0 Å². The van der Waals surface area contributed by atoms with Crippen molar-refractivity contribution in [2.45, 2.75) is 51.7 Å². The van der Waals surface area contributed by atoms with Gasteiger partial charge >= 0.3 is 6.18 Å². The first kappa shape index (κ1) is 34.1. The van der Waals surface area contributed by atoms with Gasteiger partial charge in [-0.2, -0.15) is 13.2 Å². The Morgan fingerprint density at radius 2 is 1.79 bits per heavy atom. The lowest BCUT2D eigenvalue weighted by Crippen LogP contribution is -2.31. The highest BCUT2D eigenvalue weighted by Gasteiger charge is 2.40. The average molecular weight is 606 g/mol. The van der Waals surface area contributed by atoms with Gasteiger partial charge in [0, 0.05) is 32.3 Å². The molecule has 1 saturated carbocycles. The number of halogens is 3. The zero-order valence-electron chi connectivity index (χ0n) is 25.1. The molecular formula is C32H42F3N3O5. The second kappa shape index (κ2) is 17.0. The van der Waals surface area contributed by atoms with Crippen molar-refractivity contribution in [3.8, 4) is 5.75 Å². The average Bonchev–Trinajstić information content (AvgIpc) is 3.00. The smallest absolute Gasteiger partial charge is 0.391 e. The van der Waals surface area contributed by atoms with Crippen molar-refractivity contribution < 1.29 is 37.0 Å². The summed E-state index contributed by atoms with van der Waals surface area (Å²) in [5.41, 5.74) is 2.49. The Morgan fingerprint density at radius 1 is 1.07 bits per heavy atom. The topological polar surface area (TPSA) is 90.0 Å². The van der Waals surface area contributed by atoms with E-state index in [1.165, 1.54) is 13.3 Å². The first-order chi connectivity index (χ1) is 20.6. The molecule has 11 heteroatoms. The van der Waals surface area contributed by atoms with E-state index in [1.54, 1.807) is 24.1 Å². The fraction of sp³-hybridized carbons (Fsp3) is 0.531. The molecule has 1 aliphatic carbocycles. The Balaban J connectivity index is 1.52. The van der Waals surface area contributed by atoms with Gasteiger partial charge in [-0.1, -0.05) is 36.4 Å². The number of benzene rings is 1. The normalized spacial score (nSPS) is 17.2. The first-order valence-electron chi connectivity index (χ1n) is 14.6. The lowest BCUT2D eigenvalue weighted by atomic mass is 9.81. The summed E-state index contributed by atoms with van der Waals surface area (Å²) in [6, 6.07) is 9.07. The molecule has 2 amide bonds. The van der Waals surface area contributed by atoms with Gasteiger partial charge in [0.2, 0.25) is 5.91 Å². The number of amides is 2. The van der Waals surface area contributed by atoms with E-state index in [4.69, 9.17) is 14.2 Å². The van der Waals surface area contributed by atoms with Gasteiger partial charge in [0.25, 0.3) is 5.91 Å². The third-order valence-corrected chi connectivity index (χ3v) is 7.51. The van der Waals surface area contributed by atoms with E-state index in [0.717, 1.165) is 11.1 Å². The number of nitrogens with zero attached hydrogens (tertiary/aromatic N) is 2. The molecule has 0 spiro atoms. The molecule has 8 nitrogen and oxygen atoms in total. The molecular weight excluding hydrogens is 563 g/mol. The highest BCUT2D eigenvalue weighted by Crippen LogP contribution is 2.40. The number of hydrogen-bond donors (Lipinski definition) is 1. The van der Waals surface area contributed by atoms with Crippen LogP contribution in [0.4, 0.5) is 13.2 Å². The summed E-state index contributed by atoms with van der Waals surface area (Å²) >= 11 is 0. The molecule has 0 bridgehead atoms. The summed E-state index contributed by atoms with van der Waals surface area (Å²) in [5.74, 6) is -1.14. The van der Waals surface area contributed by atoms with Gasteiger partial charge in [-0.15, -0.1) is 0 Å². The largest absolute Gasteiger partial charge is 0.495 e. The van der Waals surface area contributed by atoms with Crippen molar-refractivity contribution in [1.29, 1.82) is 0 Å². The number of alkyl halides is 3. The maximum Gasteiger partial charge on any atom is 0.391 e. The fourth-order valence-corrected chi connectivity index (χ4v) is 4.88. The molecule has 0 saturated heterocycles. The van der Waals surface area contributed by atoms with Crippen LogP contribution in [0.5, 0.6) is 5.75 Å². The molecule has 0 unspecified atom stereocenters. The van der Waals surface area contributed by atoms with E-state index in [-0.39, 0.29) is 49.2 Å². The SMILES string of the molecule is CCOCCOCCN(C)C(=O)Cc1cccc(CNC(=O)c2cc(/C=C/C3CCC(C(F)(F)F)CC3)c(OC)cn2)c1. The monoisotopic (exact) mass is 605 g/mol. The van der Waals surface area contributed by atoms with E-state index in [2.05, 4.69) is 10.3 Å². The standard InChI is InChI=1S/C32H42F3N3O5/c1-4-42-16-17-43-15-14-38(2)30(39)19-24-6-5-7-25(18-24)21-37-31(40)28-20-26(29(41-3)22-36-28)11-8-23-9-12-27(13-10-23)32(33,34)35/h5-8,11,18,20,22-23,27H,4,9-10,12-17,19,21H2,1-3H3,(H,37,40)/b11-8+. The highest BCUT2D eigenvalue weighted by molar-refractivity contribution is 5.93. The molecule has 0 aliphatic heterocycles. The summed E-state index contributed by atoms with van der Waals surface area (Å²) in [6.45, 7) is 4.74. The minimum atomic E-state index is -4.14. The molecule has 3 rings (SSSR count). The number of ether oxygens (including phenoxy) is 3. The van der Waals surface area contributed by atoms with E-state index < -0.39 is 12.1 Å². The van der Waals surface area contributed by atoms with Crippen LogP contribution < -0.4 is 10.1 Å². The third-order valence-electron chi connectivity index (χ3n) is 7.51. The number of allylic oxidation sites excluding steroid dienone is 1. The zero-order chi connectivity index (χ0) is 31.2. The Labute approximate surface area is 251 Å². The molecule has 1 N–H and O–H groups in total. The van der Waals surface area contributed by atoms with Crippen molar-refractivity contribution in [3.63, 3.8) is 0 Å². The van der Waals surface area contributed by atoms with E-state index in [1.807, 2.05) is 37.3 Å². The quantitative estimate of drug-likeness (QED) is 0.272. The number of hydrogen-bond acceptors (Lipinski definition) is 6. The van der Waals surface area contributed by atoms with E-state index in [9.17, 15) is 22.8 Å². The summed E-state index contributed by atoms with van der Waals surface area (Å²) in [4.78, 5) is 31.4. The van der Waals surface area contributed by atoms with Crippen LogP contribution in [0.15, 0.2) is 42.6 Å². The number of pyridine rings is 1. The summed E-state index contributed by atoms with van der Waals surface area (Å²) in [5, 5.41) is 2.86. The predicted molar refractivity (Wildman–Crippen MR) is 158 cm³/mol. The third kappa shape index (κ3) is 11.3. The predicted octanol–water partition coefficient (Wildman–Crippen LogP) is 5.46. The summed E-state index contributed by atoms with van der Waals surface area (Å²) in [6.07, 6.45) is 2.41. The summed E-state index contributed by atoms with van der Waals surface area (Å²) < 4.78 is 55.0. The van der Waals surface area contributed by atoms with Crippen LogP contribution in [0.25, 0.3) is 6.08 Å². The Morgan fingerprint density at radius 3 is 2.49 bits per heavy atom. The van der Waals surface area contributed by atoms with E-state index in [0.29, 0.717) is 57.1 Å². The van der Waals surface area contributed by atoms with Gasteiger partial charge in [-0.05, 0) is 55.7 Å². The number of carbonyl (C=O) groups is 2. The minimum Gasteiger partial charge on any atom is -0.495 e. The highest BCUT2D eigenvalue weighted by atomic mass is 19.4. The van der Waals surface area contributed by atoms with Gasteiger partial charge in [0.1, 0.15) is 11.4 Å². The number of likely N-dealkylation sites (N-methyl/N-ethyl adjacent to an activating group) is 1. The van der Waals surface area contributed by atoms with Crippen molar-refractivity contribution in [2.24, 2.45) is 11.8 Å². The van der Waals surface area contributed by atoms with Crippen LogP contribution in [0, 0.1) is 11.8 Å². The molecule has 1 aromatic carbocycles. The second-order valence-electron chi connectivity index (χ2n) is 10.6. The van der Waals surface area contributed by atoms with Crippen LogP contribution in [0.2, 0.25) is 0 Å². The Kier molecular flexibility index (Phi) is 13.5. The molecule has 2 aromatic rings. The van der Waals surface area contributed by atoms with Crippen molar-refractivity contribution in [2.75, 3.05) is 47.1 Å². The molecule has 1 aromatic heterocycles. The van der Waals surface area contributed by atoms with Gasteiger partial charge < -0.3 is 24.4 Å². The van der Waals surface area contributed by atoms with Crippen molar-refractivity contribution in [1.82, 2.24) is 15.2 Å². The van der Waals surface area contributed by atoms with Gasteiger partial charge in [0.05, 0.1) is 45.5 Å². The number of carbonyl (C=O) groups excluding carboxylic acids is 2. The van der Waals surface area contributed by atoms with E-state index >= 15 is 0 Å². The maximum atomic E-state index is 13.0. The molecule has 1 heterocycles. The minimum absolute atomic E-state index is 0.0340. The van der Waals surface area contributed by atoms with Gasteiger partial charge in [-0.3, -0.25) is 9.59 Å². The number of nitrogens with one attached hydrogen (secondary N) is 1. The first-order valence-corrected chi connectivity index (χ1v) is 14.6. The molecule has 0 radical (unpaired) electrons. The molecule has 43 heavy (non-hydrogen) atoms. The number of rotatable bonds is 15. The Bertz CT molecular complexity index is 1210. The van der Waals surface area contributed by atoms with Crippen LogP contribution in [-0.2, 0) is 27.2 Å². The maximum absolute atomic E-state index is 13.0. The van der Waals surface area contributed by atoms with Crippen molar-refractivity contribution in [3.05, 3.63) is 65.0 Å². The molecule has 1 fully saturated rings. The number of methoxy groups -OCH3 is 1. The fourth-order valence-electron chi connectivity index (χ4n) is 4.88. The second-order valence-corrected chi connectivity index (χ2v) is 10.6. The van der Waals surface area contributed by atoms with Crippen LogP contribution >= 0.6 is 0 Å². The zero-order valence-corrected chi connectivity index (χ0v) is 25.1.